The van der Waals surface area contributed by atoms with E-state index in [0.29, 0.717) is 12.3 Å². The van der Waals surface area contributed by atoms with Gasteiger partial charge in [0.2, 0.25) is 0 Å². The number of aromatic nitrogens is 4. The molecule has 0 amide bonds. The molecule has 0 aliphatic heterocycles. The van der Waals surface area contributed by atoms with Crippen LogP contribution in [0, 0.1) is 6.92 Å². The number of rotatable bonds is 6. The van der Waals surface area contributed by atoms with E-state index in [1.807, 2.05) is 13.0 Å². The summed E-state index contributed by atoms with van der Waals surface area (Å²) in [5.74, 6) is 1.70. The first-order valence-electron chi connectivity index (χ1n) is 6.38. The summed E-state index contributed by atoms with van der Waals surface area (Å²) in [6.07, 6.45) is 3.60. The molecule has 2 aromatic heterocycles. The molecule has 2 aromatic rings. The van der Waals surface area contributed by atoms with Crippen molar-refractivity contribution < 1.29 is 0 Å². The Morgan fingerprint density at radius 2 is 2.22 bits per heavy atom. The van der Waals surface area contributed by atoms with Crippen LogP contribution in [-0.4, -0.2) is 39.2 Å². The van der Waals surface area contributed by atoms with Crippen molar-refractivity contribution in [3.05, 3.63) is 18.1 Å². The number of nitrogens with two attached hydrogens (primary N) is 1. The van der Waals surface area contributed by atoms with E-state index in [-0.39, 0.29) is 0 Å². The minimum atomic E-state index is 0.652. The molecule has 2 N–H and O–H groups in total. The van der Waals surface area contributed by atoms with Crippen LogP contribution in [0.15, 0.2) is 12.4 Å². The average Bonchev–Trinajstić information content (AvgIpc) is 2.81. The Balaban J connectivity index is 2.38. The highest BCUT2D eigenvalue weighted by molar-refractivity contribution is 5.47. The molecule has 6 heteroatoms. The lowest BCUT2D eigenvalue weighted by Crippen LogP contribution is -2.29. The Hall–Kier alpha value is -1.69. The van der Waals surface area contributed by atoms with E-state index >= 15 is 0 Å². The maximum atomic E-state index is 5.60. The second-order valence-electron chi connectivity index (χ2n) is 4.36. The fraction of sp³-hybridized carbons (Fsp3) is 0.583. The van der Waals surface area contributed by atoms with Crippen molar-refractivity contribution in [3.8, 4) is 0 Å². The van der Waals surface area contributed by atoms with Gasteiger partial charge in [-0.3, -0.25) is 0 Å². The zero-order valence-electron chi connectivity index (χ0n) is 11.0. The Morgan fingerprint density at radius 3 is 2.94 bits per heavy atom. The molecular weight excluding hydrogens is 228 g/mol. The van der Waals surface area contributed by atoms with Gasteiger partial charge in [0.1, 0.15) is 12.1 Å². The molecule has 6 nitrogen and oxygen atoms in total. The van der Waals surface area contributed by atoms with Gasteiger partial charge in [-0.1, -0.05) is 6.92 Å². The van der Waals surface area contributed by atoms with Gasteiger partial charge >= 0.3 is 0 Å². The highest BCUT2D eigenvalue weighted by atomic mass is 15.4. The minimum Gasteiger partial charge on any atom is -0.356 e. The molecule has 0 spiro atoms. The van der Waals surface area contributed by atoms with E-state index in [4.69, 9.17) is 5.73 Å². The number of nitrogens with zero attached hydrogens (tertiary/aromatic N) is 5. The van der Waals surface area contributed by atoms with Gasteiger partial charge < -0.3 is 10.6 Å². The van der Waals surface area contributed by atoms with E-state index in [2.05, 4.69) is 26.9 Å². The molecule has 0 aliphatic carbocycles. The highest BCUT2D eigenvalue weighted by Gasteiger charge is 2.12. The van der Waals surface area contributed by atoms with Crippen molar-refractivity contribution in [3.63, 3.8) is 0 Å². The Morgan fingerprint density at radius 1 is 1.39 bits per heavy atom. The van der Waals surface area contributed by atoms with Crippen LogP contribution in [0.3, 0.4) is 0 Å². The van der Waals surface area contributed by atoms with Crippen LogP contribution in [0.1, 0.15) is 25.5 Å². The van der Waals surface area contributed by atoms with E-state index in [1.165, 1.54) is 0 Å². The summed E-state index contributed by atoms with van der Waals surface area (Å²) in [5, 5.41) is 4.24. The first kappa shape index (κ1) is 12.8. The maximum absolute atomic E-state index is 5.60. The van der Waals surface area contributed by atoms with Crippen molar-refractivity contribution in [1.82, 2.24) is 19.6 Å². The summed E-state index contributed by atoms with van der Waals surface area (Å²) >= 11 is 0. The van der Waals surface area contributed by atoms with Crippen LogP contribution in [0.25, 0.3) is 5.78 Å². The number of fused-ring (bicyclic) bond motifs is 1. The lowest BCUT2D eigenvalue weighted by Gasteiger charge is -2.24. The fourth-order valence-corrected chi connectivity index (χ4v) is 2.03. The van der Waals surface area contributed by atoms with Gasteiger partial charge in [0, 0.05) is 24.8 Å². The molecule has 2 rings (SSSR count). The van der Waals surface area contributed by atoms with Crippen LogP contribution < -0.4 is 10.6 Å². The number of hydrogen-bond donors (Lipinski definition) is 1. The van der Waals surface area contributed by atoms with Gasteiger partial charge in [-0.15, -0.1) is 0 Å². The quantitative estimate of drug-likeness (QED) is 0.825. The molecule has 0 saturated carbocycles. The third-order valence-corrected chi connectivity index (χ3v) is 2.81. The second kappa shape index (κ2) is 5.77. The number of hydrogen-bond acceptors (Lipinski definition) is 5. The molecule has 98 valence electrons. The SMILES string of the molecule is CCCN(CCCN)c1cc(C)nc2ncnn12. The molecule has 0 atom stereocenters. The zero-order chi connectivity index (χ0) is 13.0. The van der Waals surface area contributed by atoms with Gasteiger partial charge in [0.15, 0.2) is 0 Å². The standard InChI is InChI=1S/C12H20N6/c1-3-6-17(7-4-5-13)11-8-10(2)16-12-14-9-15-18(11)12/h8-9H,3-7,13H2,1-2H3. The van der Waals surface area contributed by atoms with Gasteiger partial charge in [0.05, 0.1) is 0 Å². The molecule has 2 heterocycles. The Kier molecular flexibility index (Phi) is 4.09. The lowest BCUT2D eigenvalue weighted by atomic mass is 10.3. The predicted molar refractivity (Wildman–Crippen MR) is 71.7 cm³/mol. The second-order valence-corrected chi connectivity index (χ2v) is 4.36. The molecule has 0 bridgehead atoms. The average molecular weight is 248 g/mol. The topological polar surface area (TPSA) is 72.3 Å². The van der Waals surface area contributed by atoms with Crippen LogP contribution in [0.2, 0.25) is 0 Å². The zero-order valence-corrected chi connectivity index (χ0v) is 11.0. The van der Waals surface area contributed by atoms with Gasteiger partial charge in [-0.05, 0) is 26.3 Å². The smallest absolute Gasteiger partial charge is 0.254 e. The van der Waals surface area contributed by atoms with Crippen LogP contribution in [0.4, 0.5) is 5.82 Å². The van der Waals surface area contributed by atoms with E-state index in [0.717, 1.165) is 37.4 Å². The molecule has 0 saturated heterocycles. The molecule has 0 fully saturated rings. The maximum Gasteiger partial charge on any atom is 0.254 e. The van der Waals surface area contributed by atoms with Crippen LogP contribution in [0.5, 0.6) is 0 Å². The molecule has 18 heavy (non-hydrogen) atoms. The first-order valence-corrected chi connectivity index (χ1v) is 6.38. The summed E-state index contributed by atoms with van der Waals surface area (Å²) in [6, 6.07) is 2.05. The number of anilines is 1. The predicted octanol–water partition coefficient (Wildman–Crippen LogP) is 0.998. The Bertz CT molecular complexity index is 506. The fourth-order valence-electron chi connectivity index (χ4n) is 2.03. The monoisotopic (exact) mass is 248 g/mol. The summed E-state index contributed by atoms with van der Waals surface area (Å²) in [7, 11) is 0. The molecule has 0 aromatic carbocycles. The van der Waals surface area contributed by atoms with E-state index in [9.17, 15) is 0 Å². The van der Waals surface area contributed by atoms with Crippen molar-refractivity contribution in [2.24, 2.45) is 5.73 Å². The van der Waals surface area contributed by atoms with Gasteiger partial charge in [0.25, 0.3) is 5.78 Å². The summed E-state index contributed by atoms with van der Waals surface area (Å²) in [4.78, 5) is 10.8. The van der Waals surface area contributed by atoms with Crippen molar-refractivity contribution in [2.45, 2.75) is 26.7 Å². The minimum absolute atomic E-state index is 0.652. The van der Waals surface area contributed by atoms with Crippen molar-refractivity contribution >= 4 is 11.6 Å². The lowest BCUT2D eigenvalue weighted by molar-refractivity contribution is 0.696. The molecule has 0 aliphatic rings. The van der Waals surface area contributed by atoms with Crippen LogP contribution >= 0.6 is 0 Å². The van der Waals surface area contributed by atoms with Crippen molar-refractivity contribution in [2.75, 3.05) is 24.5 Å². The molecular formula is C12H20N6. The summed E-state index contributed by atoms with van der Waals surface area (Å²) in [6.45, 7) is 6.76. The normalized spacial score (nSPS) is 11.1. The first-order chi connectivity index (χ1) is 8.76. The third kappa shape index (κ3) is 2.59. The van der Waals surface area contributed by atoms with E-state index < -0.39 is 0 Å². The summed E-state index contributed by atoms with van der Waals surface area (Å²) in [5.41, 5.74) is 6.56. The highest BCUT2D eigenvalue weighted by Crippen LogP contribution is 2.16. The summed E-state index contributed by atoms with van der Waals surface area (Å²) < 4.78 is 1.79. The largest absolute Gasteiger partial charge is 0.356 e. The molecule has 0 unspecified atom stereocenters. The van der Waals surface area contributed by atoms with Gasteiger partial charge in [-0.2, -0.15) is 14.6 Å². The van der Waals surface area contributed by atoms with Crippen LogP contribution in [-0.2, 0) is 0 Å². The van der Waals surface area contributed by atoms with Crippen molar-refractivity contribution in [1.29, 1.82) is 0 Å². The number of aryl methyl sites for hydroxylation is 1. The van der Waals surface area contributed by atoms with E-state index in [1.54, 1.807) is 10.8 Å². The molecule has 0 radical (unpaired) electrons. The Labute approximate surface area is 107 Å². The third-order valence-electron chi connectivity index (χ3n) is 2.81. The van der Waals surface area contributed by atoms with Gasteiger partial charge in [-0.25, -0.2) is 4.98 Å².